The summed E-state index contributed by atoms with van der Waals surface area (Å²) in [6.45, 7) is 0. The number of hydrogen-bond acceptors (Lipinski definition) is 10. The number of benzene rings is 1. The maximum Gasteiger partial charge on any atom is 0.296 e. The zero-order valence-electron chi connectivity index (χ0n) is 18.3. The number of nitrogens with zero attached hydrogens (tertiary/aromatic N) is 8. The van der Waals surface area contributed by atoms with Crippen molar-refractivity contribution in [1.29, 1.82) is 0 Å². The van der Waals surface area contributed by atoms with Crippen LogP contribution in [0.5, 0.6) is 5.75 Å². The fourth-order valence-electron chi connectivity index (χ4n) is 4.09. The number of nitrogens with one attached hydrogen (secondary N) is 2. The van der Waals surface area contributed by atoms with Gasteiger partial charge in [0.15, 0.2) is 17.3 Å². The van der Waals surface area contributed by atoms with Crippen LogP contribution in [0.4, 0.5) is 5.69 Å². The predicted molar refractivity (Wildman–Crippen MR) is 120 cm³/mol. The van der Waals surface area contributed by atoms with E-state index in [0.29, 0.717) is 17.2 Å². The molecule has 176 valence electrons. The summed E-state index contributed by atoms with van der Waals surface area (Å²) in [5.74, 6) is -0.551. The molecule has 0 bridgehead atoms. The van der Waals surface area contributed by atoms with Crippen molar-refractivity contribution in [3.8, 4) is 28.8 Å². The van der Waals surface area contributed by atoms with Crippen LogP contribution in [0, 0.1) is 0 Å². The molecule has 1 amide bonds. The third-order valence-electron chi connectivity index (χ3n) is 6.11. The molecule has 0 spiro atoms. The molecule has 5 aromatic rings. The standard InChI is InChI=1S/C21H18N10O4/c1-30-18(25-15(16(32)21(30)34)20(33)23-11-8-22-35-9-11)19-24-13-6-5-10(17-26-28-29-27-17)7-14(13)31(19)12-3-2-4-12/h5-9,12,32H,2-4H2,1H3,(H,23,33)(H,26,27,28,29). The van der Waals surface area contributed by atoms with Crippen LogP contribution < -0.4 is 10.9 Å². The Labute approximate surface area is 195 Å². The Morgan fingerprint density at radius 2 is 2.11 bits per heavy atom. The summed E-state index contributed by atoms with van der Waals surface area (Å²) in [7, 11) is 1.47. The highest BCUT2D eigenvalue weighted by atomic mass is 16.5. The zero-order chi connectivity index (χ0) is 24.1. The summed E-state index contributed by atoms with van der Waals surface area (Å²) >= 11 is 0. The molecule has 3 N–H and O–H groups in total. The molecule has 4 aromatic heterocycles. The lowest BCUT2D eigenvalue weighted by Gasteiger charge is -2.29. The number of tetrazole rings is 1. The van der Waals surface area contributed by atoms with Gasteiger partial charge < -0.3 is 19.5 Å². The zero-order valence-corrected chi connectivity index (χ0v) is 18.3. The van der Waals surface area contributed by atoms with Crippen LogP contribution in [-0.2, 0) is 7.05 Å². The summed E-state index contributed by atoms with van der Waals surface area (Å²) in [5, 5.41) is 30.6. The maximum atomic E-state index is 12.9. The molecular formula is C21H18N10O4. The number of aromatic amines is 1. The Kier molecular flexibility index (Phi) is 4.65. The second-order valence-corrected chi connectivity index (χ2v) is 8.19. The molecule has 0 atom stereocenters. The van der Waals surface area contributed by atoms with Crippen LogP contribution in [0.2, 0.25) is 0 Å². The molecule has 0 saturated heterocycles. The van der Waals surface area contributed by atoms with Gasteiger partial charge in [-0.2, -0.15) is 5.21 Å². The molecule has 35 heavy (non-hydrogen) atoms. The fraction of sp³-hybridized carbons (Fsp3) is 0.238. The van der Waals surface area contributed by atoms with Crippen LogP contribution in [-0.4, -0.2) is 55.9 Å². The van der Waals surface area contributed by atoms with Crippen molar-refractivity contribution >= 4 is 22.6 Å². The number of aromatic nitrogens is 9. The molecule has 1 aliphatic carbocycles. The highest BCUT2D eigenvalue weighted by molar-refractivity contribution is 6.04. The summed E-state index contributed by atoms with van der Waals surface area (Å²) in [5.41, 5.74) is 1.30. The number of amides is 1. The van der Waals surface area contributed by atoms with Crippen molar-refractivity contribution in [2.75, 3.05) is 5.32 Å². The molecule has 1 aromatic carbocycles. The molecular weight excluding hydrogens is 456 g/mol. The van der Waals surface area contributed by atoms with E-state index in [0.717, 1.165) is 30.3 Å². The number of carbonyl (C=O) groups is 1. The number of H-pyrrole nitrogens is 1. The van der Waals surface area contributed by atoms with Crippen molar-refractivity contribution < 1.29 is 14.4 Å². The van der Waals surface area contributed by atoms with E-state index in [-0.39, 0.29) is 17.6 Å². The molecule has 0 aliphatic heterocycles. The van der Waals surface area contributed by atoms with Gasteiger partial charge in [-0.3, -0.25) is 14.2 Å². The van der Waals surface area contributed by atoms with Gasteiger partial charge in [-0.1, -0.05) is 5.16 Å². The monoisotopic (exact) mass is 474 g/mol. The molecule has 14 nitrogen and oxygen atoms in total. The van der Waals surface area contributed by atoms with Gasteiger partial charge in [-0.05, 0) is 42.7 Å². The second-order valence-electron chi connectivity index (χ2n) is 8.19. The first-order valence-corrected chi connectivity index (χ1v) is 10.8. The van der Waals surface area contributed by atoms with Gasteiger partial charge in [0.2, 0.25) is 11.6 Å². The van der Waals surface area contributed by atoms with Crippen LogP contribution in [0.25, 0.3) is 34.1 Å². The first-order chi connectivity index (χ1) is 17.0. The van der Waals surface area contributed by atoms with E-state index in [1.54, 1.807) is 0 Å². The number of fused-ring (bicyclic) bond motifs is 1. The molecule has 1 saturated carbocycles. The average Bonchev–Trinajstić information content (AvgIpc) is 3.58. The van der Waals surface area contributed by atoms with E-state index in [4.69, 9.17) is 9.51 Å². The highest BCUT2D eigenvalue weighted by Gasteiger charge is 2.29. The molecule has 4 heterocycles. The van der Waals surface area contributed by atoms with Crippen LogP contribution in [0.3, 0.4) is 0 Å². The second kappa shape index (κ2) is 7.86. The summed E-state index contributed by atoms with van der Waals surface area (Å²) < 4.78 is 7.91. The summed E-state index contributed by atoms with van der Waals surface area (Å²) in [6.07, 6.45) is 5.42. The van der Waals surface area contributed by atoms with Crippen LogP contribution in [0.15, 0.2) is 40.0 Å². The Morgan fingerprint density at radius 3 is 2.80 bits per heavy atom. The van der Waals surface area contributed by atoms with Crippen molar-refractivity contribution in [3.63, 3.8) is 0 Å². The summed E-state index contributed by atoms with van der Waals surface area (Å²) in [4.78, 5) is 34.8. The Balaban J connectivity index is 1.53. The number of rotatable bonds is 5. The molecule has 0 unspecified atom stereocenters. The lowest BCUT2D eigenvalue weighted by Crippen LogP contribution is -2.27. The molecule has 1 aliphatic rings. The van der Waals surface area contributed by atoms with E-state index < -0.39 is 22.9 Å². The van der Waals surface area contributed by atoms with Gasteiger partial charge in [0.05, 0.1) is 17.2 Å². The number of anilines is 1. The molecule has 1 fully saturated rings. The Bertz CT molecular complexity index is 1610. The van der Waals surface area contributed by atoms with Crippen molar-refractivity contribution in [1.82, 2.24) is 44.9 Å². The van der Waals surface area contributed by atoms with Gasteiger partial charge in [0.1, 0.15) is 12.0 Å². The van der Waals surface area contributed by atoms with E-state index >= 15 is 0 Å². The topological polar surface area (TPSA) is 183 Å². The largest absolute Gasteiger partial charge is 0.501 e. The smallest absolute Gasteiger partial charge is 0.296 e. The number of hydrogen-bond donors (Lipinski definition) is 3. The first kappa shape index (κ1) is 20.7. The Hall–Kier alpha value is -4.88. The van der Waals surface area contributed by atoms with Crippen molar-refractivity contribution in [3.05, 3.63) is 46.7 Å². The SMILES string of the molecule is Cn1c(-c2nc3ccc(-c4nn[nH]n4)cc3n2C2CCC2)nc(C(=O)Nc2cnoc2)c(O)c1=O. The third kappa shape index (κ3) is 3.34. The van der Waals surface area contributed by atoms with E-state index in [2.05, 4.69) is 36.1 Å². The Morgan fingerprint density at radius 1 is 1.26 bits per heavy atom. The predicted octanol–water partition coefficient (Wildman–Crippen LogP) is 1.65. The van der Waals surface area contributed by atoms with Crippen molar-refractivity contribution in [2.24, 2.45) is 7.05 Å². The fourth-order valence-corrected chi connectivity index (χ4v) is 4.09. The number of carbonyl (C=O) groups excluding carboxylic acids is 1. The minimum atomic E-state index is -0.782. The van der Waals surface area contributed by atoms with Gasteiger partial charge in [0, 0.05) is 18.7 Å². The van der Waals surface area contributed by atoms with E-state index in [1.165, 1.54) is 24.1 Å². The molecule has 0 radical (unpaired) electrons. The maximum absolute atomic E-state index is 12.9. The van der Waals surface area contributed by atoms with Gasteiger partial charge in [-0.15, -0.1) is 10.2 Å². The number of imidazole rings is 1. The van der Waals surface area contributed by atoms with Crippen molar-refractivity contribution in [2.45, 2.75) is 25.3 Å². The normalized spacial score (nSPS) is 13.7. The highest BCUT2D eigenvalue weighted by Crippen LogP contribution is 2.39. The lowest BCUT2D eigenvalue weighted by molar-refractivity contribution is 0.101. The van der Waals surface area contributed by atoms with Gasteiger partial charge in [-0.25, -0.2) is 9.97 Å². The number of aromatic hydroxyl groups is 1. The third-order valence-corrected chi connectivity index (χ3v) is 6.11. The molecule has 14 heteroatoms. The van der Waals surface area contributed by atoms with Gasteiger partial charge in [0.25, 0.3) is 11.5 Å². The lowest BCUT2D eigenvalue weighted by atomic mass is 9.92. The van der Waals surface area contributed by atoms with E-state index in [1.807, 2.05) is 22.8 Å². The van der Waals surface area contributed by atoms with Crippen LogP contribution >= 0.6 is 0 Å². The first-order valence-electron chi connectivity index (χ1n) is 10.8. The molecule has 6 rings (SSSR count). The average molecular weight is 474 g/mol. The quantitative estimate of drug-likeness (QED) is 0.338. The van der Waals surface area contributed by atoms with Gasteiger partial charge >= 0.3 is 0 Å². The van der Waals surface area contributed by atoms with E-state index in [9.17, 15) is 14.7 Å². The summed E-state index contributed by atoms with van der Waals surface area (Å²) in [6, 6.07) is 5.71. The minimum Gasteiger partial charge on any atom is -0.501 e. The van der Waals surface area contributed by atoms with Crippen LogP contribution in [0.1, 0.15) is 35.8 Å². The minimum absolute atomic E-state index is 0.135.